The molecule has 1 amide bonds. The summed E-state index contributed by atoms with van der Waals surface area (Å²) in [6.07, 6.45) is 4.64. The standard InChI is InChI=1S/C25H28BrN3O/c1-29(2)16-18-8-3-5-12-22(18)28-25(30)21-15-24(17-9-7-10-19(26)14-17)27-23-13-6-4-11-20(21)23/h4,6-7,9-11,13-15,18,22H,3,5,8,12,16H2,1-2H3,(H,28,30). The largest absolute Gasteiger partial charge is 0.349 e. The number of benzene rings is 2. The Hall–Kier alpha value is -2.24. The number of hydrogen-bond acceptors (Lipinski definition) is 3. The summed E-state index contributed by atoms with van der Waals surface area (Å²) < 4.78 is 0.995. The molecule has 3 aromatic rings. The van der Waals surface area contributed by atoms with E-state index < -0.39 is 0 Å². The Bertz CT molecular complexity index is 1050. The SMILES string of the molecule is CN(C)CC1CCCCC1NC(=O)c1cc(-c2cccc(Br)c2)nc2ccccc12. The van der Waals surface area contributed by atoms with Gasteiger partial charge in [0.15, 0.2) is 0 Å². The molecule has 156 valence electrons. The van der Waals surface area contributed by atoms with E-state index in [1.54, 1.807) is 0 Å². The normalized spacial score (nSPS) is 19.2. The fraction of sp³-hybridized carbons (Fsp3) is 0.360. The van der Waals surface area contributed by atoms with Crippen LogP contribution in [-0.4, -0.2) is 42.5 Å². The Balaban J connectivity index is 1.69. The minimum absolute atomic E-state index is 0.000466. The molecule has 1 aliphatic carbocycles. The number of fused-ring (bicyclic) bond motifs is 1. The summed E-state index contributed by atoms with van der Waals surface area (Å²) >= 11 is 3.54. The Morgan fingerprint density at radius 1 is 1.10 bits per heavy atom. The number of rotatable bonds is 5. The monoisotopic (exact) mass is 465 g/mol. The van der Waals surface area contributed by atoms with Crippen LogP contribution in [0.2, 0.25) is 0 Å². The van der Waals surface area contributed by atoms with Gasteiger partial charge < -0.3 is 10.2 Å². The zero-order chi connectivity index (χ0) is 21.1. The van der Waals surface area contributed by atoms with Crippen molar-refractivity contribution in [3.05, 3.63) is 64.6 Å². The van der Waals surface area contributed by atoms with Gasteiger partial charge in [0.2, 0.25) is 0 Å². The highest BCUT2D eigenvalue weighted by Gasteiger charge is 2.28. The molecule has 0 spiro atoms. The van der Waals surface area contributed by atoms with Crippen molar-refractivity contribution in [2.24, 2.45) is 5.92 Å². The molecule has 1 fully saturated rings. The first-order valence-corrected chi connectivity index (χ1v) is 11.4. The summed E-state index contributed by atoms with van der Waals surface area (Å²) in [4.78, 5) is 20.5. The third-order valence-corrected chi connectivity index (χ3v) is 6.40. The number of nitrogens with zero attached hydrogens (tertiary/aromatic N) is 2. The molecule has 2 atom stereocenters. The maximum Gasteiger partial charge on any atom is 0.252 e. The summed E-state index contributed by atoms with van der Waals surface area (Å²) in [5, 5.41) is 4.27. The lowest BCUT2D eigenvalue weighted by atomic mass is 9.84. The maximum atomic E-state index is 13.4. The highest BCUT2D eigenvalue weighted by atomic mass is 79.9. The van der Waals surface area contributed by atoms with E-state index in [9.17, 15) is 4.79 Å². The molecule has 4 nitrogen and oxygen atoms in total. The smallest absolute Gasteiger partial charge is 0.252 e. The van der Waals surface area contributed by atoms with E-state index in [1.807, 2.05) is 54.6 Å². The fourth-order valence-corrected chi connectivity index (χ4v) is 4.89. The summed E-state index contributed by atoms with van der Waals surface area (Å²) in [6.45, 7) is 1.01. The van der Waals surface area contributed by atoms with Gasteiger partial charge in [0.25, 0.3) is 5.91 Å². The number of amides is 1. The van der Waals surface area contributed by atoms with Crippen LogP contribution in [0.4, 0.5) is 0 Å². The van der Waals surface area contributed by atoms with Gasteiger partial charge in [-0.05, 0) is 57.1 Å². The van der Waals surface area contributed by atoms with Crippen molar-refractivity contribution in [1.82, 2.24) is 15.2 Å². The molecule has 5 heteroatoms. The van der Waals surface area contributed by atoms with E-state index in [-0.39, 0.29) is 11.9 Å². The maximum absolute atomic E-state index is 13.4. The van der Waals surface area contributed by atoms with Crippen LogP contribution in [0.5, 0.6) is 0 Å². The van der Waals surface area contributed by atoms with Gasteiger partial charge >= 0.3 is 0 Å². The molecule has 1 heterocycles. The highest BCUT2D eigenvalue weighted by molar-refractivity contribution is 9.10. The molecule has 0 saturated heterocycles. The predicted molar refractivity (Wildman–Crippen MR) is 127 cm³/mol. The van der Waals surface area contributed by atoms with Gasteiger partial charge in [0.05, 0.1) is 16.8 Å². The minimum atomic E-state index is 0.000466. The second kappa shape index (κ2) is 9.27. The zero-order valence-electron chi connectivity index (χ0n) is 17.6. The number of pyridine rings is 1. The van der Waals surface area contributed by atoms with Crippen LogP contribution < -0.4 is 5.32 Å². The van der Waals surface area contributed by atoms with E-state index in [0.717, 1.165) is 39.6 Å². The van der Waals surface area contributed by atoms with Crippen LogP contribution in [0.25, 0.3) is 22.2 Å². The molecule has 2 unspecified atom stereocenters. The van der Waals surface area contributed by atoms with E-state index in [4.69, 9.17) is 4.98 Å². The van der Waals surface area contributed by atoms with Crippen molar-refractivity contribution in [3.63, 3.8) is 0 Å². The van der Waals surface area contributed by atoms with Crippen LogP contribution in [0.3, 0.4) is 0 Å². The zero-order valence-corrected chi connectivity index (χ0v) is 19.2. The van der Waals surface area contributed by atoms with E-state index in [2.05, 4.69) is 40.2 Å². The van der Waals surface area contributed by atoms with Crippen LogP contribution in [0.15, 0.2) is 59.1 Å². The lowest BCUT2D eigenvalue weighted by molar-refractivity contribution is 0.0897. The molecule has 1 aliphatic rings. The third-order valence-electron chi connectivity index (χ3n) is 5.91. The van der Waals surface area contributed by atoms with Crippen molar-refractivity contribution >= 4 is 32.7 Å². The molecule has 1 aromatic heterocycles. The molecule has 0 bridgehead atoms. The highest BCUT2D eigenvalue weighted by Crippen LogP contribution is 2.29. The van der Waals surface area contributed by atoms with Crippen molar-refractivity contribution in [2.45, 2.75) is 31.7 Å². The minimum Gasteiger partial charge on any atom is -0.349 e. The molecule has 4 rings (SSSR count). The second-order valence-electron chi connectivity index (χ2n) is 8.47. The lowest BCUT2D eigenvalue weighted by Crippen LogP contribution is -2.45. The number of hydrogen-bond donors (Lipinski definition) is 1. The quantitative estimate of drug-likeness (QED) is 0.539. The van der Waals surface area contributed by atoms with Crippen molar-refractivity contribution in [1.29, 1.82) is 0 Å². The summed E-state index contributed by atoms with van der Waals surface area (Å²) in [7, 11) is 4.21. The molecule has 2 aromatic carbocycles. The summed E-state index contributed by atoms with van der Waals surface area (Å²) in [6, 6.07) is 18.1. The fourth-order valence-electron chi connectivity index (χ4n) is 4.49. The number of halogens is 1. The molecule has 30 heavy (non-hydrogen) atoms. The van der Waals surface area contributed by atoms with E-state index >= 15 is 0 Å². The van der Waals surface area contributed by atoms with Gasteiger partial charge in [-0.15, -0.1) is 0 Å². The molecular formula is C25H28BrN3O. The van der Waals surface area contributed by atoms with Gasteiger partial charge in [-0.25, -0.2) is 4.98 Å². The van der Waals surface area contributed by atoms with Gasteiger partial charge in [0.1, 0.15) is 0 Å². The number of carbonyl (C=O) groups is 1. The average molecular weight is 466 g/mol. The van der Waals surface area contributed by atoms with Crippen LogP contribution in [0.1, 0.15) is 36.0 Å². The number of nitrogens with one attached hydrogen (secondary N) is 1. The Morgan fingerprint density at radius 2 is 1.90 bits per heavy atom. The number of para-hydroxylation sites is 1. The number of carbonyl (C=O) groups excluding carboxylic acids is 1. The van der Waals surface area contributed by atoms with Crippen LogP contribution in [0, 0.1) is 5.92 Å². The molecule has 1 N–H and O–H groups in total. The van der Waals surface area contributed by atoms with E-state index in [0.29, 0.717) is 11.5 Å². The Labute approximate surface area is 186 Å². The van der Waals surface area contributed by atoms with Gasteiger partial charge in [0, 0.05) is 28.0 Å². The topological polar surface area (TPSA) is 45.2 Å². The lowest BCUT2D eigenvalue weighted by Gasteiger charge is -2.34. The van der Waals surface area contributed by atoms with Crippen molar-refractivity contribution in [3.8, 4) is 11.3 Å². The Morgan fingerprint density at radius 3 is 2.70 bits per heavy atom. The van der Waals surface area contributed by atoms with Crippen LogP contribution in [-0.2, 0) is 0 Å². The summed E-state index contributed by atoms with van der Waals surface area (Å²) in [5.41, 5.74) is 3.35. The second-order valence-corrected chi connectivity index (χ2v) is 9.38. The third kappa shape index (κ3) is 4.73. The van der Waals surface area contributed by atoms with Gasteiger partial charge in [-0.1, -0.05) is 59.1 Å². The molecule has 0 aliphatic heterocycles. The van der Waals surface area contributed by atoms with E-state index in [1.165, 1.54) is 19.3 Å². The summed E-state index contributed by atoms with van der Waals surface area (Å²) in [5.74, 6) is 0.496. The first-order valence-electron chi connectivity index (χ1n) is 10.6. The Kier molecular flexibility index (Phi) is 6.49. The van der Waals surface area contributed by atoms with Crippen LogP contribution >= 0.6 is 15.9 Å². The number of aromatic nitrogens is 1. The molecule has 1 saturated carbocycles. The molecule has 0 radical (unpaired) electrons. The first kappa shape index (κ1) is 21.0. The molecular weight excluding hydrogens is 438 g/mol. The predicted octanol–water partition coefficient (Wildman–Crippen LogP) is 5.51. The first-order chi connectivity index (χ1) is 14.5. The van der Waals surface area contributed by atoms with Gasteiger partial charge in [-0.2, -0.15) is 0 Å². The van der Waals surface area contributed by atoms with Crippen molar-refractivity contribution in [2.75, 3.05) is 20.6 Å². The van der Waals surface area contributed by atoms with Gasteiger partial charge in [-0.3, -0.25) is 4.79 Å². The van der Waals surface area contributed by atoms with Crippen molar-refractivity contribution < 1.29 is 4.79 Å². The average Bonchev–Trinajstić information content (AvgIpc) is 2.74.